The van der Waals surface area contributed by atoms with Crippen LogP contribution < -0.4 is 0 Å². The smallest absolute Gasteiger partial charge is 0.214 e. The number of alkyl halides is 2. The molecule has 0 spiro atoms. The van der Waals surface area contributed by atoms with Crippen LogP contribution in [-0.4, -0.2) is 9.63 Å². The summed E-state index contributed by atoms with van der Waals surface area (Å²) in [7, 11) is 0. The molecule has 1 nitrogen and oxygen atoms in total. The van der Waals surface area contributed by atoms with Crippen LogP contribution in [0.2, 0.25) is 0 Å². The van der Waals surface area contributed by atoms with E-state index >= 15 is 0 Å². The minimum Gasteiger partial charge on any atom is -0.363 e. The molecule has 0 aromatic heterocycles. The largest absolute Gasteiger partial charge is 0.363 e. The average molecular weight is 269 g/mol. The fraction of sp³-hybridized carbons (Fsp3) is 1.00. The molecule has 0 amide bonds. The Labute approximate surface area is 111 Å². The van der Waals surface area contributed by atoms with Crippen molar-refractivity contribution in [2.24, 2.45) is 0 Å². The van der Waals surface area contributed by atoms with E-state index in [1.165, 1.54) is 51.4 Å². The lowest BCUT2D eigenvalue weighted by Crippen LogP contribution is -2.09. The van der Waals surface area contributed by atoms with Crippen molar-refractivity contribution in [3.63, 3.8) is 0 Å². The molecular weight excluding hydrogens is 243 g/mol. The summed E-state index contributed by atoms with van der Waals surface area (Å²) in [6, 6.07) is 0. The molecule has 0 aliphatic carbocycles. The molecule has 0 aromatic carbocycles. The zero-order chi connectivity index (χ0) is 12.3. The van der Waals surface area contributed by atoms with E-state index < -0.39 is 4.52 Å². The van der Waals surface area contributed by atoms with Crippen LogP contribution in [0.15, 0.2) is 0 Å². The van der Waals surface area contributed by atoms with E-state index in [-0.39, 0.29) is 0 Å². The van der Waals surface area contributed by atoms with E-state index in [0.717, 1.165) is 12.8 Å². The SMILES string of the molecule is CCCCCCCCCCCCC(O)(Cl)Cl. The third kappa shape index (κ3) is 14.5. The molecule has 0 fully saturated rings. The Hall–Kier alpha value is 0.540. The van der Waals surface area contributed by atoms with Gasteiger partial charge in [-0.2, -0.15) is 0 Å². The maximum Gasteiger partial charge on any atom is 0.214 e. The molecule has 0 saturated heterocycles. The van der Waals surface area contributed by atoms with Gasteiger partial charge in [-0.15, -0.1) is 0 Å². The topological polar surface area (TPSA) is 20.2 Å². The summed E-state index contributed by atoms with van der Waals surface area (Å²) in [5.41, 5.74) is 0. The Morgan fingerprint density at radius 3 is 1.50 bits per heavy atom. The summed E-state index contributed by atoms with van der Waals surface area (Å²) in [5.74, 6) is 0. The number of rotatable bonds is 11. The van der Waals surface area contributed by atoms with Gasteiger partial charge in [0.1, 0.15) is 0 Å². The van der Waals surface area contributed by atoms with Gasteiger partial charge in [-0.1, -0.05) is 87.9 Å². The van der Waals surface area contributed by atoms with Crippen molar-refractivity contribution < 1.29 is 5.11 Å². The van der Waals surface area contributed by atoms with Crippen LogP contribution in [0.25, 0.3) is 0 Å². The number of hydrogen-bond donors (Lipinski definition) is 1. The number of unbranched alkanes of at least 4 members (excludes halogenated alkanes) is 9. The van der Waals surface area contributed by atoms with Gasteiger partial charge in [0.25, 0.3) is 0 Å². The van der Waals surface area contributed by atoms with Crippen molar-refractivity contribution in [3.8, 4) is 0 Å². The molecule has 0 bridgehead atoms. The zero-order valence-corrected chi connectivity index (χ0v) is 12.0. The van der Waals surface area contributed by atoms with E-state index in [1.54, 1.807) is 0 Å². The molecule has 0 aliphatic rings. The number of halogens is 2. The van der Waals surface area contributed by atoms with Gasteiger partial charge in [0.2, 0.25) is 4.52 Å². The zero-order valence-electron chi connectivity index (χ0n) is 10.5. The summed E-state index contributed by atoms with van der Waals surface area (Å²) in [4.78, 5) is 0. The third-order valence-electron chi connectivity index (χ3n) is 2.83. The van der Waals surface area contributed by atoms with Crippen molar-refractivity contribution >= 4 is 23.2 Å². The summed E-state index contributed by atoms with van der Waals surface area (Å²) in [6.07, 6.45) is 13.2. The first-order valence-electron chi connectivity index (χ1n) is 6.66. The van der Waals surface area contributed by atoms with Crippen LogP contribution in [0.3, 0.4) is 0 Å². The van der Waals surface area contributed by atoms with Crippen LogP contribution in [0.1, 0.15) is 77.6 Å². The van der Waals surface area contributed by atoms with E-state index in [1.807, 2.05) is 0 Å². The van der Waals surface area contributed by atoms with Gasteiger partial charge in [-0.3, -0.25) is 0 Å². The van der Waals surface area contributed by atoms with Crippen LogP contribution in [-0.2, 0) is 0 Å². The molecule has 0 rings (SSSR count). The lowest BCUT2D eigenvalue weighted by molar-refractivity contribution is 0.199. The highest BCUT2D eigenvalue weighted by molar-refractivity contribution is 6.46. The van der Waals surface area contributed by atoms with Gasteiger partial charge in [0.15, 0.2) is 0 Å². The van der Waals surface area contributed by atoms with Crippen LogP contribution in [0.5, 0.6) is 0 Å². The molecule has 0 heterocycles. The molecule has 1 N–H and O–H groups in total. The Morgan fingerprint density at radius 2 is 1.12 bits per heavy atom. The molecule has 0 aliphatic heterocycles. The van der Waals surface area contributed by atoms with Crippen molar-refractivity contribution in [1.29, 1.82) is 0 Å². The van der Waals surface area contributed by atoms with E-state index in [0.29, 0.717) is 6.42 Å². The summed E-state index contributed by atoms with van der Waals surface area (Å²) in [5, 5.41) is 9.07. The van der Waals surface area contributed by atoms with Crippen molar-refractivity contribution in [2.45, 2.75) is 82.1 Å². The first kappa shape index (κ1) is 16.5. The Bertz CT molecular complexity index is 143. The lowest BCUT2D eigenvalue weighted by Gasteiger charge is -2.10. The Kier molecular flexibility index (Phi) is 11.0. The second-order valence-corrected chi connectivity index (χ2v) is 6.04. The van der Waals surface area contributed by atoms with Crippen LogP contribution in [0.4, 0.5) is 0 Å². The monoisotopic (exact) mass is 268 g/mol. The quantitative estimate of drug-likeness (QED) is 0.392. The second-order valence-electron chi connectivity index (χ2n) is 4.60. The summed E-state index contributed by atoms with van der Waals surface area (Å²) < 4.78 is -1.51. The molecule has 0 atom stereocenters. The van der Waals surface area contributed by atoms with E-state index in [9.17, 15) is 0 Å². The molecule has 0 radical (unpaired) electrons. The fourth-order valence-corrected chi connectivity index (χ4v) is 2.09. The standard InChI is InChI=1S/C13H26Cl2O/c1-2-3-4-5-6-7-8-9-10-11-12-13(14,15)16/h16H,2-12H2,1H3. The minimum absolute atomic E-state index is 0.479. The van der Waals surface area contributed by atoms with Crippen molar-refractivity contribution in [2.75, 3.05) is 0 Å². The number of aliphatic hydroxyl groups is 1. The molecule has 16 heavy (non-hydrogen) atoms. The molecule has 0 saturated carbocycles. The van der Waals surface area contributed by atoms with Crippen LogP contribution in [0, 0.1) is 0 Å². The molecular formula is C13H26Cl2O. The maximum absolute atomic E-state index is 9.07. The van der Waals surface area contributed by atoms with Crippen LogP contribution >= 0.6 is 23.2 Å². The predicted molar refractivity (Wildman–Crippen MR) is 73.1 cm³/mol. The minimum atomic E-state index is -1.51. The molecule has 3 heteroatoms. The molecule has 0 aromatic rings. The van der Waals surface area contributed by atoms with Gasteiger partial charge < -0.3 is 5.11 Å². The normalized spacial score (nSPS) is 12.0. The highest BCUT2D eigenvalue weighted by atomic mass is 35.5. The second kappa shape index (κ2) is 10.7. The molecule has 98 valence electrons. The van der Waals surface area contributed by atoms with Gasteiger partial charge in [-0.05, 0) is 6.42 Å². The van der Waals surface area contributed by atoms with E-state index in [4.69, 9.17) is 28.3 Å². The Balaban J connectivity index is 2.99. The average Bonchev–Trinajstić information content (AvgIpc) is 2.19. The predicted octanol–water partition coefficient (Wildman–Crippen LogP) is 5.42. The van der Waals surface area contributed by atoms with Gasteiger partial charge in [-0.25, -0.2) is 0 Å². The van der Waals surface area contributed by atoms with Crippen molar-refractivity contribution in [3.05, 3.63) is 0 Å². The molecule has 0 unspecified atom stereocenters. The van der Waals surface area contributed by atoms with Gasteiger partial charge in [0, 0.05) is 6.42 Å². The number of hydrogen-bond acceptors (Lipinski definition) is 1. The fourth-order valence-electron chi connectivity index (χ4n) is 1.83. The van der Waals surface area contributed by atoms with E-state index in [2.05, 4.69) is 6.92 Å². The highest BCUT2D eigenvalue weighted by Gasteiger charge is 2.17. The first-order chi connectivity index (χ1) is 7.56. The maximum atomic E-state index is 9.07. The Morgan fingerprint density at radius 1 is 0.750 bits per heavy atom. The summed E-state index contributed by atoms with van der Waals surface area (Å²) >= 11 is 10.9. The van der Waals surface area contributed by atoms with Crippen molar-refractivity contribution in [1.82, 2.24) is 0 Å². The lowest BCUT2D eigenvalue weighted by atomic mass is 10.1. The van der Waals surface area contributed by atoms with Gasteiger partial charge in [0.05, 0.1) is 0 Å². The summed E-state index contributed by atoms with van der Waals surface area (Å²) in [6.45, 7) is 2.24. The van der Waals surface area contributed by atoms with Gasteiger partial charge >= 0.3 is 0 Å². The highest BCUT2D eigenvalue weighted by Crippen LogP contribution is 2.24. The first-order valence-corrected chi connectivity index (χ1v) is 7.42. The third-order valence-corrected chi connectivity index (χ3v) is 3.21.